The van der Waals surface area contributed by atoms with Gasteiger partial charge in [0.05, 0.1) is 6.61 Å². The molecule has 0 saturated carbocycles. The van der Waals surface area contributed by atoms with Crippen molar-refractivity contribution in [3.8, 4) is 0 Å². The summed E-state index contributed by atoms with van der Waals surface area (Å²) in [6, 6.07) is 4.09. The van der Waals surface area contributed by atoms with Crippen LogP contribution in [0.5, 0.6) is 0 Å². The number of hydrazine groups is 2. The third kappa shape index (κ3) is 3.12. The van der Waals surface area contributed by atoms with Crippen molar-refractivity contribution in [1.82, 2.24) is 21.2 Å². The van der Waals surface area contributed by atoms with E-state index < -0.39 is 0 Å². The van der Waals surface area contributed by atoms with Gasteiger partial charge in [-0.2, -0.15) is 5.12 Å². The number of hydrogen-bond acceptors (Lipinski definition) is 7. The zero-order chi connectivity index (χ0) is 13.6. The quantitative estimate of drug-likeness (QED) is 0.780. The largest absolute Gasteiger partial charge is 0.477 e. The molecule has 3 rings (SSSR count). The van der Waals surface area contributed by atoms with Gasteiger partial charge in [-0.05, 0) is 43.0 Å². The smallest absolute Gasteiger partial charge is 0.233 e. The van der Waals surface area contributed by atoms with Gasteiger partial charge in [0.25, 0.3) is 0 Å². The Morgan fingerprint density at radius 3 is 2.95 bits per heavy atom. The van der Waals surface area contributed by atoms with Crippen LogP contribution in [0.25, 0.3) is 0 Å². The number of aryl methyl sites for hydroxylation is 1. The molecular formula is C13H16N6O. The molecule has 2 aliphatic heterocycles. The van der Waals surface area contributed by atoms with Crippen LogP contribution in [0.1, 0.15) is 18.4 Å². The summed E-state index contributed by atoms with van der Waals surface area (Å²) in [6.07, 6.45) is 10.4. The minimum absolute atomic E-state index is 0.587. The van der Waals surface area contributed by atoms with Crippen molar-refractivity contribution in [2.75, 3.05) is 6.61 Å². The first-order chi connectivity index (χ1) is 9.92. The first kappa shape index (κ1) is 12.6. The normalized spacial score (nSPS) is 16.3. The van der Waals surface area contributed by atoms with Gasteiger partial charge in [0, 0.05) is 18.5 Å². The minimum atomic E-state index is 0.587. The molecule has 0 atom stereocenters. The summed E-state index contributed by atoms with van der Waals surface area (Å²) in [6.45, 7) is 0.655. The van der Waals surface area contributed by atoms with Crippen LogP contribution in [-0.4, -0.2) is 28.4 Å². The molecule has 0 amide bonds. The number of hydrogen-bond donors (Lipinski definition) is 2. The standard InChI is InChI=1S/C13H16N6O/c1(3-11-6-8-14-9-7-11)2-10-20-13-5-4-12-15-17-18-19(12)16-13/h4-9,17-18H,1-3,10H2. The molecule has 0 saturated heterocycles. The van der Waals surface area contributed by atoms with Crippen molar-refractivity contribution in [3.05, 3.63) is 42.2 Å². The van der Waals surface area contributed by atoms with E-state index in [0.29, 0.717) is 12.5 Å². The van der Waals surface area contributed by atoms with Crippen LogP contribution in [0.15, 0.2) is 46.9 Å². The number of nitrogens with one attached hydrogen (secondary N) is 2. The molecule has 1 aromatic rings. The maximum atomic E-state index is 5.62. The summed E-state index contributed by atoms with van der Waals surface area (Å²) in [5.41, 5.74) is 6.70. The Bertz CT molecular complexity index is 539. The molecule has 0 radical (unpaired) electrons. The van der Waals surface area contributed by atoms with Gasteiger partial charge in [-0.1, -0.05) is 0 Å². The van der Waals surface area contributed by atoms with Crippen molar-refractivity contribution in [2.45, 2.75) is 19.3 Å². The Hall–Kier alpha value is -2.41. The summed E-state index contributed by atoms with van der Waals surface area (Å²) in [7, 11) is 0. The highest BCUT2D eigenvalue weighted by Crippen LogP contribution is 2.06. The summed E-state index contributed by atoms with van der Waals surface area (Å²) >= 11 is 0. The molecule has 104 valence electrons. The highest BCUT2D eigenvalue weighted by molar-refractivity contribution is 6.03. The average Bonchev–Trinajstić information content (AvgIpc) is 2.95. The number of nitrogens with zero attached hydrogens (tertiary/aromatic N) is 4. The fourth-order valence-electron chi connectivity index (χ4n) is 1.93. The fraction of sp³-hybridized carbons (Fsp3) is 0.308. The molecule has 2 aliphatic rings. The Labute approximate surface area is 117 Å². The lowest BCUT2D eigenvalue weighted by Crippen LogP contribution is -2.38. The number of unbranched alkanes of at least 4 members (excludes halogenated alkanes) is 1. The van der Waals surface area contributed by atoms with Gasteiger partial charge in [-0.3, -0.25) is 4.98 Å². The summed E-state index contributed by atoms with van der Waals surface area (Å²) in [5, 5.41) is 9.72. The van der Waals surface area contributed by atoms with Crippen LogP contribution in [0, 0.1) is 0 Å². The van der Waals surface area contributed by atoms with Gasteiger partial charge >= 0.3 is 0 Å². The second-order valence-corrected chi connectivity index (χ2v) is 4.44. The van der Waals surface area contributed by atoms with Crippen LogP contribution in [0.4, 0.5) is 0 Å². The third-order valence-corrected chi connectivity index (χ3v) is 2.98. The highest BCUT2D eigenvalue weighted by atomic mass is 16.5. The number of rotatable bonds is 5. The Balaban J connectivity index is 1.36. The Morgan fingerprint density at radius 2 is 2.05 bits per heavy atom. The predicted molar refractivity (Wildman–Crippen MR) is 75.2 cm³/mol. The van der Waals surface area contributed by atoms with Crippen molar-refractivity contribution in [3.63, 3.8) is 0 Å². The van der Waals surface area contributed by atoms with Crippen molar-refractivity contribution in [1.29, 1.82) is 0 Å². The van der Waals surface area contributed by atoms with Gasteiger partial charge < -0.3 is 4.74 Å². The number of fused-ring (bicyclic) bond motifs is 1. The molecule has 1 aromatic heterocycles. The van der Waals surface area contributed by atoms with Crippen LogP contribution in [0.2, 0.25) is 0 Å². The molecule has 7 heteroatoms. The van der Waals surface area contributed by atoms with Crippen LogP contribution < -0.4 is 11.1 Å². The molecule has 0 aromatic carbocycles. The minimum Gasteiger partial charge on any atom is -0.477 e. The van der Waals surface area contributed by atoms with Crippen molar-refractivity contribution in [2.24, 2.45) is 10.2 Å². The number of ether oxygens (including phenoxy) is 1. The van der Waals surface area contributed by atoms with Crippen LogP contribution in [0.3, 0.4) is 0 Å². The van der Waals surface area contributed by atoms with E-state index in [9.17, 15) is 0 Å². The lowest BCUT2D eigenvalue weighted by molar-refractivity contribution is 0.260. The average molecular weight is 272 g/mol. The molecular weight excluding hydrogens is 256 g/mol. The maximum Gasteiger partial charge on any atom is 0.233 e. The van der Waals surface area contributed by atoms with E-state index in [1.165, 1.54) is 10.7 Å². The van der Waals surface area contributed by atoms with E-state index in [2.05, 4.69) is 26.3 Å². The second kappa shape index (κ2) is 6.16. The molecule has 0 aliphatic carbocycles. The van der Waals surface area contributed by atoms with E-state index in [1.54, 1.807) is 0 Å². The van der Waals surface area contributed by atoms with E-state index in [0.717, 1.165) is 25.1 Å². The SMILES string of the molecule is C1=CC2=NNNN2N=C1OCCCCc1ccncc1. The predicted octanol–water partition coefficient (Wildman–Crippen LogP) is 0.942. The van der Waals surface area contributed by atoms with Crippen molar-refractivity contribution < 1.29 is 4.74 Å². The summed E-state index contributed by atoms with van der Waals surface area (Å²) in [5.74, 6) is 1.30. The fourth-order valence-corrected chi connectivity index (χ4v) is 1.93. The molecule has 0 fully saturated rings. The number of pyridine rings is 1. The number of amidine groups is 1. The van der Waals surface area contributed by atoms with E-state index in [1.807, 2.05) is 36.7 Å². The molecule has 20 heavy (non-hydrogen) atoms. The van der Waals surface area contributed by atoms with E-state index >= 15 is 0 Å². The van der Waals surface area contributed by atoms with Gasteiger partial charge in [0.1, 0.15) is 0 Å². The second-order valence-electron chi connectivity index (χ2n) is 4.44. The lowest BCUT2D eigenvalue weighted by Gasteiger charge is -2.16. The molecule has 0 spiro atoms. The first-order valence-electron chi connectivity index (χ1n) is 6.59. The van der Waals surface area contributed by atoms with Gasteiger partial charge in [0.2, 0.25) is 5.90 Å². The first-order valence-corrected chi connectivity index (χ1v) is 6.59. The van der Waals surface area contributed by atoms with Gasteiger partial charge in [0.15, 0.2) is 5.84 Å². The van der Waals surface area contributed by atoms with Crippen LogP contribution in [-0.2, 0) is 11.2 Å². The van der Waals surface area contributed by atoms with E-state index in [4.69, 9.17) is 4.74 Å². The van der Waals surface area contributed by atoms with Gasteiger partial charge in [-0.25, -0.2) is 5.53 Å². The van der Waals surface area contributed by atoms with Crippen LogP contribution >= 0.6 is 0 Å². The molecule has 2 N–H and O–H groups in total. The molecule has 3 heterocycles. The highest BCUT2D eigenvalue weighted by Gasteiger charge is 2.18. The zero-order valence-electron chi connectivity index (χ0n) is 11.0. The monoisotopic (exact) mass is 272 g/mol. The Kier molecular flexibility index (Phi) is 3.88. The number of hydrazone groups is 2. The molecule has 0 bridgehead atoms. The summed E-state index contributed by atoms with van der Waals surface area (Å²) in [4.78, 5) is 4.00. The lowest BCUT2D eigenvalue weighted by atomic mass is 10.1. The summed E-state index contributed by atoms with van der Waals surface area (Å²) < 4.78 is 5.62. The molecule has 0 unspecified atom stereocenters. The third-order valence-electron chi connectivity index (χ3n) is 2.98. The molecule has 7 nitrogen and oxygen atoms in total. The topological polar surface area (TPSA) is 74.1 Å². The van der Waals surface area contributed by atoms with E-state index in [-0.39, 0.29) is 0 Å². The van der Waals surface area contributed by atoms with Crippen molar-refractivity contribution >= 4 is 11.7 Å². The number of aromatic nitrogens is 1. The maximum absolute atomic E-state index is 5.62. The Morgan fingerprint density at radius 1 is 1.15 bits per heavy atom. The van der Waals surface area contributed by atoms with Gasteiger partial charge in [-0.15, -0.1) is 15.7 Å². The zero-order valence-corrected chi connectivity index (χ0v) is 11.0.